The van der Waals surface area contributed by atoms with E-state index in [1.165, 1.54) is 0 Å². The summed E-state index contributed by atoms with van der Waals surface area (Å²) in [4.78, 5) is 23.6. The number of carbonyl (C=O) groups is 2. The third-order valence-corrected chi connectivity index (χ3v) is 3.50. The summed E-state index contributed by atoms with van der Waals surface area (Å²) in [6.07, 6.45) is -0.410. The van der Waals surface area contributed by atoms with Gasteiger partial charge in [0.15, 0.2) is 0 Å². The van der Waals surface area contributed by atoms with Crippen LogP contribution in [0.5, 0.6) is 5.75 Å². The second-order valence-corrected chi connectivity index (χ2v) is 4.55. The average Bonchev–Trinajstić information content (AvgIpc) is 2.73. The molecule has 2 atom stereocenters. The van der Waals surface area contributed by atoms with Gasteiger partial charge in [-0.15, -0.1) is 4.48 Å². The molecule has 0 aliphatic carbocycles. The van der Waals surface area contributed by atoms with Crippen molar-refractivity contribution in [1.29, 1.82) is 0 Å². The van der Waals surface area contributed by atoms with Crippen LogP contribution < -0.4 is 4.74 Å². The monoisotopic (exact) mass is 250 g/mol. The van der Waals surface area contributed by atoms with Gasteiger partial charge in [-0.1, -0.05) is 18.2 Å². The number of hydrogen-bond donors (Lipinski definition) is 1. The quantitative estimate of drug-likeness (QED) is 0.778. The van der Waals surface area contributed by atoms with Crippen molar-refractivity contribution >= 4 is 12.2 Å². The number of rotatable bonds is 1. The maximum atomic E-state index is 12.2. The van der Waals surface area contributed by atoms with E-state index < -0.39 is 16.7 Å². The minimum absolute atomic E-state index is 0.251. The number of para-hydroxylation sites is 1. The van der Waals surface area contributed by atoms with E-state index in [4.69, 9.17) is 4.74 Å². The number of ether oxygens (including phenoxy) is 1. The molecule has 5 nitrogen and oxygen atoms in total. The number of quaternary nitrogens is 1. The van der Waals surface area contributed by atoms with E-state index in [1.54, 1.807) is 37.3 Å². The third kappa shape index (κ3) is 1.97. The lowest BCUT2D eigenvalue weighted by molar-refractivity contribution is -0.793. The second kappa shape index (κ2) is 4.78. The molecule has 1 heterocycles. The molecule has 1 aliphatic heterocycles. The highest BCUT2D eigenvalue weighted by molar-refractivity contribution is 5.77. The van der Waals surface area contributed by atoms with E-state index in [-0.39, 0.29) is 6.04 Å². The number of nitrogens with zero attached hydrogens (tertiary/aromatic N) is 1. The fourth-order valence-corrected chi connectivity index (χ4v) is 2.38. The SMILES string of the molecule is C[C@@H]1CCC[N+]1(C(=O)O)C(=O)Oc1ccccc1. The van der Waals surface area contributed by atoms with Crippen LogP contribution in [-0.4, -0.2) is 34.4 Å². The van der Waals surface area contributed by atoms with Gasteiger partial charge in [0, 0.05) is 12.8 Å². The fraction of sp³-hybridized carbons (Fsp3) is 0.385. The highest BCUT2D eigenvalue weighted by Crippen LogP contribution is 2.29. The molecule has 96 valence electrons. The maximum Gasteiger partial charge on any atom is 0.532 e. The van der Waals surface area contributed by atoms with Crippen LogP contribution in [0.15, 0.2) is 30.3 Å². The van der Waals surface area contributed by atoms with Gasteiger partial charge in [-0.25, -0.2) is 0 Å². The first-order chi connectivity index (χ1) is 8.57. The topological polar surface area (TPSA) is 63.6 Å². The molecule has 1 aromatic carbocycles. The van der Waals surface area contributed by atoms with Gasteiger partial charge in [-0.3, -0.25) is 0 Å². The van der Waals surface area contributed by atoms with Crippen LogP contribution in [-0.2, 0) is 0 Å². The van der Waals surface area contributed by atoms with Crippen LogP contribution in [0.25, 0.3) is 0 Å². The molecular formula is C13H16NO4+. The van der Waals surface area contributed by atoms with Gasteiger partial charge in [0.1, 0.15) is 18.3 Å². The zero-order chi connectivity index (χ0) is 13.2. The first-order valence-corrected chi connectivity index (χ1v) is 5.96. The van der Waals surface area contributed by atoms with E-state index in [1.807, 2.05) is 0 Å². The summed E-state index contributed by atoms with van der Waals surface area (Å²) in [6.45, 7) is 2.07. The summed E-state index contributed by atoms with van der Waals surface area (Å²) in [5.74, 6) is 0.375. The number of benzene rings is 1. The summed E-state index contributed by atoms with van der Waals surface area (Å²) in [5, 5.41) is 9.35. The van der Waals surface area contributed by atoms with Gasteiger partial charge in [0.05, 0.1) is 0 Å². The zero-order valence-electron chi connectivity index (χ0n) is 10.2. The lowest BCUT2D eigenvalue weighted by atomic mass is 10.2. The molecule has 1 aliphatic rings. The number of carboxylic acid groups (broad SMARTS) is 1. The lowest BCUT2D eigenvalue weighted by Crippen LogP contribution is -2.59. The minimum atomic E-state index is -1.14. The van der Waals surface area contributed by atoms with Gasteiger partial charge in [-0.2, -0.15) is 9.59 Å². The summed E-state index contributed by atoms with van der Waals surface area (Å²) < 4.78 is 4.56. The highest BCUT2D eigenvalue weighted by Gasteiger charge is 2.55. The molecule has 1 saturated heterocycles. The number of amides is 2. The van der Waals surface area contributed by atoms with E-state index in [0.29, 0.717) is 12.3 Å². The molecule has 0 bridgehead atoms. The van der Waals surface area contributed by atoms with Crippen molar-refractivity contribution in [3.8, 4) is 5.75 Å². The highest BCUT2D eigenvalue weighted by atomic mass is 16.6. The summed E-state index contributed by atoms with van der Waals surface area (Å²) >= 11 is 0. The molecule has 0 spiro atoms. The predicted octanol–water partition coefficient (Wildman–Crippen LogP) is 2.86. The number of hydrogen-bond acceptors (Lipinski definition) is 3. The Balaban J connectivity index is 2.23. The Morgan fingerprint density at radius 2 is 2.00 bits per heavy atom. The number of imide groups is 1. The summed E-state index contributed by atoms with van der Waals surface area (Å²) in [6, 6.07) is 8.30. The molecule has 1 aromatic rings. The Kier molecular flexibility index (Phi) is 3.34. The molecule has 2 amide bonds. The van der Waals surface area contributed by atoms with Gasteiger partial charge in [0.2, 0.25) is 0 Å². The summed E-state index contributed by atoms with van der Waals surface area (Å²) in [7, 11) is 0. The first kappa shape index (κ1) is 12.6. The number of likely N-dealkylation sites (tertiary alicyclic amines) is 1. The zero-order valence-corrected chi connectivity index (χ0v) is 10.2. The molecule has 0 saturated carbocycles. The lowest BCUT2D eigenvalue weighted by Gasteiger charge is -2.27. The van der Waals surface area contributed by atoms with Gasteiger partial charge < -0.3 is 9.84 Å². The smallest absolute Gasteiger partial charge is 0.435 e. The average molecular weight is 250 g/mol. The van der Waals surface area contributed by atoms with Gasteiger partial charge in [-0.05, 0) is 19.1 Å². The second-order valence-electron chi connectivity index (χ2n) is 4.55. The molecule has 1 N–H and O–H groups in total. The standard InChI is InChI=1S/C13H15NO4/c1-10-6-5-9-14(10,12(15)16)13(17)18-11-7-3-2-4-8-11/h2-4,7-8,10H,5-6,9H2,1H3/p+1/t10-,14?/m1/s1. The first-order valence-electron chi connectivity index (χ1n) is 5.96. The Morgan fingerprint density at radius 3 is 2.50 bits per heavy atom. The van der Waals surface area contributed by atoms with E-state index in [9.17, 15) is 14.7 Å². The van der Waals surface area contributed by atoms with E-state index in [0.717, 1.165) is 12.8 Å². The van der Waals surface area contributed by atoms with Crippen LogP contribution in [0.4, 0.5) is 9.59 Å². The minimum Gasteiger partial charge on any atom is -0.435 e. The molecular weight excluding hydrogens is 234 g/mol. The van der Waals surface area contributed by atoms with Crippen molar-refractivity contribution in [2.75, 3.05) is 6.54 Å². The molecule has 1 unspecified atom stereocenters. The van der Waals surface area contributed by atoms with Gasteiger partial charge in [0.25, 0.3) is 0 Å². The van der Waals surface area contributed by atoms with Crippen molar-refractivity contribution in [2.24, 2.45) is 0 Å². The molecule has 0 radical (unpaired) electrons. The van der Waals surface area contributed by atoms with Crippen LogP contribution in [0.3, 0.4) is 0 Å². The van der Waals surface area contributed by atoms with Crippen LogP contribution in [0.1, 0.15) is 19.8 Å². The maximum absolute atomic E-state index is 12.2. The molecule has 5 heteroatoms. The van der Waals surface area contributed by atoms with Crippen LogP contribution >= 0.6 is 0 Å². The molecule has 2 rings (SSSR count). The predicted molar refractivity (Wildman–Crippen MR) is 64.3 cm³/mol. The summed E-state index contributed by atoms with van der Waals surface area (Å²) in [5.41, 5.74) is 0. The van der Waals surface area contributed by atoms with Gasteiger partial charge >= 0.3 is 12.2 Å². The van der Waals surface area contributed by atoms with E-state index in [2.05, 4.69) is 0 Å². The molecule has 0 aromatic heterocycles. The van der Waals surface area contributed by atoms with Crippen molar-refractivity contribution in [2.45, 2.75) is 25.8 Å². The molecule has 1 fully saturated rings. The van der Waals surface area contributed by atoms with Crippen molar-refractivity contribution < 1.29 is 23.9 Å². The fourth-order valence-electron chi connectivity index (χ4n) is 2.38. The number of carbonyl (C=O) groups excluding carboxylic acids is 1. The Hall–Kier alpha value is -1.88. The Bertz CT molecular complexity index is 459. The Morgan fingerprint density at radius 1 is 1.33 bits per heavy atom. The van der Waals surface area contributed by atoms with E-state index >= 15 is 0 Å². The van der Waals surface area contributed by atoms with Crippen LogP contribution in [0, 0.1) is 0 Å². The van der Waals surface area contributed by atoms with Crippen molar-refractivity contribution in [3.05, 3.63) is 30.3 Å². The third-order valence-electron chi connectivity index (χ3n) is 3.50. The largest absolute Gasteiger partial charge is 0.532 e. The van der Waals surface area contributed by atoms with Crippen molar-refractivity contribution in [3.63, 3.8) is 0 Å². The van der Waals surface area contributed by atoms with Crippen molar-refractivity contribution in [1.82, 2.24) is 0 Å². The normalized spacial score (nSPS) is 26.8. The Labute approximate surface area is 105 Å². The molecule has 18 heavy (non-hydrogen) atoms. The van der Waals surface area contributed by atoms with Crippen LogP contribution in [0.2, 0.25) is 0 Å².